The van der Waals surface area contributed by atoms with E-state index in [-0.39, 0.29) is 6.03 Å². The van der Waals surface area contributed by atoms with Crippen molar-refractivity contribution in [1.82, 2.24) is 10.2 Å². The fourth-order valence-corrected chi connectivity index (χ4v) is 3.22. The summed E-state index contributed by atoms with van der Waals surface area (Å²) in [4.78, 5) is 12.6. The van der Waals surface area contributed by atoms with Gasteiger partial charge in [0.15, 0.2) is 0 Å². The molecule has 4 aromatic rings. The largest absolute Gasteiger partial charge is 0.496 e. The lowest BCUT2D eigenvalue weighted by molar-refractivity contribution is 0.262. The first-order chi connectivity index (χ1) is 14.7. The molecule has 0 saturated carbocycles. The molecule has 2 amide bonds. The first kappa shape index (κ1) is 20.9. The van der Waals surface area contributed by atoms with E-state index in [0.29, 0.717) is 11.4 Å². The second-order valence-electron chi connectivity index (χ2n) is 6.45. The molecule has 0 spiro atoms. The zero-order valence-corrected chi connectivity index (χ0v) is 17.6. The third-order valence-corrected chi connectivity index (χ3v) is 4.59. The number of amides is 2. The van der Waals surface area contributed by atoms with Crippen molar-refractivity contribution in [2.45, 2.75) is 20.8 Å². The van der Waals surface area contributed by atoms with Crippen LogP contribution in [0.15, 0.2) is 66.9 Å². The minimum Gasteiger partial charge on any atom is -0.496 e. The first-order valence-corrected chi connectivity index (χ1v) is 9.90. The van der Waals surface area contributed by atoms with Gasteiger partial charge in [0.1, 0.15) is 5.75 Å². The highest BCUT2D eigenvalue weighted by Gasteiger charge is 2.13. The van der Waals surface area contributed by atoms with Gasteiger partial charge in [-0.1, -0.05) is 50.2 Å². The number of ether oxygens (including phenoxy) is 1. The van der Waals surface area contributed by atoms with Crippen LogP contribution >= 0.6 is 0 Å². The molecular formula is C24H26N4O2. The number of anilines is 2. The highest BCUT2D eigenvalue weighted by molar-refractivity contribution is 6.06. The second-order valence-corrected chi connectivity index (χ2v) is 6.45. The molecule has 6 heteroatoms. The smallest absolute Gasteiger partial charge is 0.323 e. The van der Waals surface area contributed by atoms with Gasteiger partial charge in [0.2, 0.25) is 0 Å². The van der Waals surface area contributed by atoms with Crippen molar-refractivity contribution in [2.24, 2.45) is 0 Å². The minimum atomic E-state index is -0.311. The van der Waals surface area contributed by atoms with Crippen LogP contribution in [-0.2, 0) is 0 Å². The molecule has 0 fully saturated rings. The van der Waals surface area contributed by atoms with Crippen LogP contribution in [0, 0.1) is 6.92 Å². The van der Waals surface area contributed by atoms with Crippen LogP contribution in [-0.4, -0.2) is 23.3 Å². The van der Waals surface area contributed by atoms with Gasteiger partial charge in [-0.3, -0.25) is 5.10 Å². The Morgan fingerprint density at radius 2 is 1.77 bits per heavy atom. The Labute approximate surface area is 176 Å². The molecule has 0 aliphatic carbocycles. The standard InChI is InChI=1S/C22H20N4O2.C2H6/c1-14-13-23-26-21(14)18-12-16(10-11-20(18)28-2)24-22(27)25-19-9-5-7-15-6-3-4-8-17(15)19;1-2/h3-13H,1-2H3,(H,23,26)(H2,24,25,27);1-2H3. The van der Waals surface area contributed by atoms with Gasteiger partial charge in [0, 0.05) is 16.6 Å². The van der Waals surface area contributed by atoms with Gasteiger partial charge in [-0.05, 0) is 42.1 Å². The topological polar surface area (TPSA) is 79.0 Å². The predicted molar refractivity (Wildman–Crippen MR) is 123 cm³/mol. The molecule has 0 aliphatic heterocycles. The summed E-state index contributed by atoms with van der Waals surface area (Å²) in [6, 6.07) is 18.9. The molecule has 0 saturated heterocycles. The normalized spacial score (nSPS) is 10.1. The maximum absolute atomic E-state index is 12.6. The van der Waals surface area contributed by atoms with Gasteiger partial charge in [-0.25, -0.2) is 4.79 Å². The Kier molecular flexibility index (Phi) is 6.70. The molecule has 154 valence electrons. The number of hydrogen-bond acceptors (Lipinski definition) is 3. The average Bonchev–Trinajstić information content (AvgIpc) is 3.21. The number of nitrogens with one attached hydrogen (secondary N) is 3. The third-order valence-electron chi connectivity index (χ3n) is 4.59. The lowest BCUT2D eigenvalue weighted by Crippen LogP contribution is -2.19. The van der Waals surface area contributed by atoms with Crippen molar-refractivity contribution in [1.29, 1.82) is 0 Å². The number of aromatic amines is 1. The van der Waals surface area contributed by atoms with E-state index in [2.05, 4.69) is 20.8 Å². The monoisotopic (exact) mass is 402 g/mol. The van der Waals surface area contributed by atoms with Crippen LogP contribution in [0.2, 0.25) is 0 Å². The molecule has 0 atom stereocenters. The molecular weight excluding hydrogens is 376 g/mol. The van der Waals surface area contributed by atoms with Crippen molar-refractivity contribution in [3.8, 4) is 17.0 Å². The molecule has 0 bridgehead atoms. The SMILES string of the molecule is CC.COc1ccc(NC(=O)Nc2cccc3ccccc23)cc1-c1[nH]ncc1C. The van der Waals surface area contributed by atoms with E-state index in [1.54, 1.807) is 19.4 Å². The van der Waals surface area contributed by atoms with Gasteiger partial charge in [-0.15, -0.1) is 0 Å². The summed E-state index contributed by atoms with van der Waals surface area (Å²) in [5.41, 5.74) is 4.10. The number of rotatable bonds is 4. The summed E-state index contributed by atoms with van der Waals surface area (Å²) in [6.07, 6.45) is 1.75. The number of aromatic nitrogens is 2. The van der Waals surface area contributed by atoms with Crippen LogP contribution in [0.25, 0.3) is 22.0 Å². The molecule has 3 N–H and O–H groups in total. The van der Waals surface area contributed by atoms with Gasteiger partial charge >= 0.3 is 6.03 Å². The summed E-state index contributed by atoms with van der Waals surface area (Å²) in [7, 11) is 1.62. The van der Waals surface area contributed by atoms with Gasteiger partial charge < -0.3 is 15.4 Å². The highest BCUT2D eigenvalue weighted by Crippen LogP contribution is 2.33. The Bertz CT molecular complexity index is 1150. The Hall–Kier alpha value is -3.80. The van der Waals surface area contributed by atoms with Crippen molar-refractivity contribution in [2.75, 3.05) is 17.7 Å². The summed E-state index contributed by atoms with van der Waals surface area (Å²) in [5.74, 6) is 0.701. The van der Waals surface area contributed by atoms with Crippen molar-refractivity contribution < 1.29 is 9.53 Å². The Balaban J connectivity index is 0.00000124. The van der Waals surface area contributed by atoms with Gasteiger partial charge in [-0.2, -0.15) is 5.10 Å². The molecule has 4 rings (SSSR count). The van der Waals surface area contributed by atoms with E-state index in [4.69, 9.17) is 4.74 Å². The maximum atomic E-state index is 12.6. The summed E-state index contributed by atoms with van der Waals surface area (Å²) < 4.78 is 5.45. The molecule has 3 aromatic carbocycles. The van der Waals surface area contributed by atoms with Crippen LogP contribution in [0.5, 0.6) is 5.75 Å². The number of aryl methyl sites for hydroxylation is 1. The molecule has 1 aromatic heterocycles. The lowest BCUT2D eigenvalue weighted by atomic mass is 10.1. The second kappa shape index (κ2) is 9.60. The van der Waals surface area contributed by atoms with E-state index < -0.39 is 0 Å². The van der Waals surface area contributed by atoms with Crippen LogP contribution < -0.4 is 15.4 Å². The van der Waals surface area contributed by atoms with Crippen LogP contribution in [0.4, 0.5) is 16.2 Å². The number of benzene rings is 3. The number of urea groups is 1. The number of carbonyl (C=O) groups excluding carboxylic acids is 1. The summed E-state index contributed by atoms with van der Waals surface area (Å²) in [5, 5.41) is 14.9. The molecule has 6 nitrogen and oxygen atoms in total. The quantitative estimate of drug-likeness (QED) is 0.379. The van der Waals surface area contributed by atoms with E-state index >= 15 is 0 Å². The van der Waals surface area contributed by atoms with Crippen molar-refractivity contribution >= 4 is 28.2 Å². The fraction of sp³-hybridized carbons (Fsp3) is 0.167. The van der Waals surface area contributed by atoms with E-state index in [1.165, 1.54) is 0 Å². The average molecular weight is 402 g/mol. The zero-order chi connectivity index (χ0) is 21.5. The van der Waals surface area contributed by atoms with Crippen LogP contribution in [0.1, 0.15) is 19.4 Å². The van der Waals surface area contributed by atoms with E-state index in [1.807, 2.05) is 75.4 Å². The summed E-state index contributed by atoms with van der Waals surface area (Å²) in [6.45, 7) is 5.96. The summed E-state index contributed by atoms with van der Waals surface area (Å²) >= 11 is 0. The Morgan fingerprint density at radius 1 is 1.00 bits per heavy atom. The molecule has 0 radical (unpaired) electrons. The van der Waals surface area contributed by atoms with Crippen LogP contribution in [0.3, 0.4) is 0 Å². The molecule has 1 heterocycles. The molecule has 0 unspecified atom stereocenters. The molecule has 30 heavy (non-hydrogen) atoms. The van der Waals surface area contributed by atoms with Crippen molar-refractivity contribution in [3.05, 3.63) is 72.4 Å². The van der Waals surface area contributed by atoms with Crippen molar-refractivity contribution in [3.63, 3.8) is 0 Å². The number of H-pyrrole nitrogens is 1. The number of methoxy groups -OCH3 is 1. The van der Waals surface area contributed by atoms with E-state index in [0.717, 1.165) is 33.3 Å². The zero-order valence-electron chi connectivity index (χ0n) is 17.6. The number of carbonyl (C=O) groups is 1. The van der Waals surface area contributed by atoms with Gasteiger partial charge in [0.25, 0.3) is 0 Å². The maximum Gasteiger partial charge on any atom is 0.323 e. The van der Waals surface area contributed by atoms with E-state index in [9.17, 15) is 4.79 Å². The number of fused-ring (bicyclic) bond motifs is 1. The third kappa shape index (κ3) is 4.43. The molecule has 0 aliphatic rings. The number of nitrogens with zero attached hydrogens (tertiary/aromatic N) is 1. The minimum absolute atomic E-state index is 0.311. The fourth-order valence-electron chi connectivity index (χ4n) is 3.22. The Morgan fingerprint density at radius 3 is 2.50 bits per heavy atom. The van der Waals surface area contributed by atoms with Gasteiger partial charge in [0.05, 0.1) is 24.7 Å². The highest BCUT2D eigenvalue weighted by atomic mass is 16.5. The lowest BCUT2D eigenvalue weighted by Gasteiger charge is -2.13. The predicted octanol–water partition coefficient (Wildman–Crippen LogP) is 6.22. The first-order valence-electron chi connectivity index (χ1n) is 9.90. The number of hydrogen-bond donors (Lipinski definition) is 3.